The second-order valence-electron chi connectivity index (χ2n) is 6.81. The molecule has 148 valence electrons. The molecule has 2 aromatic rings. The van der Waals surface area contributed by atoms with E-state index in [2.05, 4.69) is 22.2 Å². The van der Waals surface area contributed by atoms with Gasteiger partial charge in [-0.2, -0.15) is 0 Å². The van der Waals surface area contributed by atoms with Crippen LogP contribution in [0.4, 0.5) is 5.82 Å². The number of thioether (sulfide) groups is 1. The number of nitrogens with zero attached hydrogens (tertiary/aromatic N) is 3. The Balaban J connectivity index is 1.56. The first-order valence-electron chi connectivity index (χ1n) is 8.87. The van der Waals surface area contributed by atoms with Crippen LogP contribution in [0.25, 0.3) is 0 Å². The predicted molar refractivity (Wildman–Crippen MR) is 110 cm³/mol. The number of hydrogen-bond acceptors (Lipinski definition) is 9. The third-order valence-corrected chi connectivity index (χ3v) is 6.91. The average Bonchev–Trinajstić information content (AvgIpc) is 3.17. The molecule has 4 heterocycles. The normalized spacial score (nSPS) is 26.9. The Hall–Kier alpha value is -2.17. The topological polar surface area (TPSA) is 112 Å². The van der Waals surface area contributed by atoms with Crippen LogP contribution < -0.4 is 15.8 Å². The van der Waals surface area contributed by atoms with Gasteiger partial charge in [-0.3, -0.25) is 4.79 Å². The highest BCUT2D eigenvalue weighted by molar-refractivity contribution is 8.13. The lowest BCUT2D eigenvalue weighted by atomic mass is 9.80. The lowest BCUT2D eigenvalue weighted by Gasteiger charge is -2.44. The molecule has 1 fully saturated rings. The molecule has 2 aliphatic heterocycles. The summed E-state index contributed by atoms with van der Waals surface area (Å²) in [5.41, 5.74) is 5.75. The third kappa shape index (κ3) is 3.59. The number of pyridine rings is 1. The van der Waals surface area contributed by atoms with Crippen LogP contribution in [0.15, 0.2) is 28.7 Å². The molecule has 8 nitrogen and oxygen atoms in total. The molecule has 2 aliphatic rings. The number of thiazole rings is 1. The molecule has 0 saturated carbocycles. The van der Waals surface area contributed by atoms with Crippen LogP contribution in [0.1, 0.15) is 28.8 Å². The Morgan fingerprint density at radius 2 is 2.32 bits per heavy atom. The molecule has 4 rings (SSSR count). The van der Waals surface area contributed by atoms with E-state index in [0.717, 1.165) is 17.2 Å². The van der Waals surface area contributed by atoms with Crippen molar-refractivity contribution in [1.29, 1.82) is 0 Å². The Morgan fingerprint density at radius 1 is 1.46 bits per heavy atom. The zero-order valence-electron chi connectivity index (χ0n) is 15.5. The van der Waals surface area contributed by atoms with E-state index in [1.54, 1.807) is 31.0 Å². The van der Waals surface area contributed by atoms with Crippen molar-refractivity contribution in [3.8, 4) is 5.75 Å². The smallest absolute Gasteiger partial charge is 0.275 e. The standard InChI is InChI=1S/C18H21N5O3S2/c1-10-5-11-7-28-17(19)23-18(11,9-26-10)16-22-14(8-27-16)21-15(24)13-4-3-12(25-2)6-20-13/h3-4,6,8,10-11H,5,7,9H2,1-2H3,(H2,19,23)(H,21,24). The molecule has 0 aliphatic carbocycles. The van der Waals surface area contributed by atoms with Gasteiger partial charge < -0.3 is 20.5 Å². The summed E-state index contributed by atoms with van der Waals surface area (Å²) in [5.74, 6) is 1.92. The maximum atomic E-state index is 12.4. The number of methoxy groups -OCH3 is 1. The first-order chi connectivity index (χ1) is 13.5. The van der Waals surface area contributed by atoms with Crippen molar-refractivity contribution in [2.24, 2.45) is 16.6 Å². The fraction of sp³-hybridized carbons (Fsp3) is 0.444. The SMILES string of the molecule is COc1ccc(C(=O)Nc2csc(C34COC(C)CC3CSC(N)=N4)n2)nc1. The summed E-state index contributed by atoms with van der Waals surface area (Å²) in [6, 6.07) is 3.30. The number of amidine groups is 1. The van der Waals surface area contributed by atoms with Crippen molar-refractivity contribution in [3.05, 3.63) is 34.4 Å². The molecule has 1 saturated heterocycles. The first-order valence-corrected chi connectivity index (χ1v) is 10.7. The summed E-state index contributed by atoms with van der Waals surface area (Å²) in [7, 11) is 1.55. The number of carbonyl (C=O) groups is 1. The summed E-state index contributed by atoms with van der Waals surface area (Å²) in [6.45, 7) is 2.52. The average molecular weight is 420 g/mol. The number of rotatable bonds is 4. The molecule has 10 heteroatoms. The van der Waals surface area contributed by atoms with Gasteiger partial charge in [-0.05, 0) is 25.5 Å². The molecule has 3 N–H and O–H groups in total. The quantitative estimate of drug-likeness (QED) is 0.783. The van der Waals surface area contributed by atoms with Crippen LogP contribution in [0.3, 0.4) is 0 Å². The van der Waals surface area contributed by atoms with E-state index in [4.69, 9.17) is 20.2 Å². The molecule has 1 amide bonds. The molecule has 0 bridgehead atoms. The minimum atomic E-state index is -0.576. The number of anilines is 1. The van der Waals surface area contributed by atoms with Crippen molar-refractivity contribution in [2.45, 2.75) is 25.0 Å². The number of carbonyl (C=O) groups excluding carboxylic acids is 1. The van der Waals surface area contributed by atoms with E-state index < -0.39 is 5.54 Å². The summed E-state index contributed by atoms with van der Waals surface area (Å²) in [6.07, 6.45) is 2.59. The number of aromatic nitrogens is 2. The lowest BCUT2D eigenvalue weighted by molar-refractivity contribution is -0.0466. The van der Waals surface area contributed by atoms with Crippen LogP contribution in [-0.2, 0) is 10.3 Å². The fourth-order valence-corrected chi connectivity index (χ4v) is 5.40. The van der Waals surface area contributed by atoms with Crippen LogP contribution in [0.5, 0.6) is 5.75 Å². The third-order valence-electron chi connectivity index (χ3n) is 4.94. The van der Waals surface area contributed by atoms with Crippen LogP contribution >= 0.6 is 23.1 Å². The number of aliphatic imine (C=N–C) groups is 1. The van der Waals surface area contributed by atoms with Crippen LogP contribution in [0.2, 0.25) is 0 Å². The summed E-state index contributed by atoms with van der Waals surface area (Å²) in [5, 5.41) is 5.98. The van der Waals surface area contributed by atoms with Gasteiger partial charge in [0.2, 0.25) is 0 Å². The van der Waals surface area contributed by atoms with Gasteiger partial charge in [0.05, 0.1) is 26.0 Å². The maximum absolute atomic E-state index is 12.4. The zero-order valence-corrected chi connectivity index (χ0v) is 17.2. The van der Waals surface area contributed by atoms with Crippen LogP contribution in [0, 0.1) is 5.92 Å². The van der Waals surface area contributed by atoms with Gasteiger partial charge in [-0.15, -0.1) is 11.3 Å². The van der Waals surface area contributed by atoms with Crippen molar-refractivity contribution >= 4 is 40.0 Å². The van der Waals surface area contributed by atoms with Gasteiger partial charge in [-0.1, -0.05) is 11.8 Å². The molecular weight excluding hydrogens is 398 g/mol. The highest BCUT2D eigenvalue weighted by Crippen LogP contribution is 2.47. The molecule has 3 atom stereocenters. The minimum Gasteiger partial charge on any atom is -0.495 e. The van der Waals surface area contributed by atoms with E-state index >= 15 is 0 Å². The Kier molecular flexibility index (Phi) is 5.26. The van der Waals surface area contributed by atoms with E-state index in [0.29, 0.717) is 29.3 Å². The monoisotopic (exact) mass is 419 g/mol. The van der Waals surface area contributed by atoms with Crippen LogP contribution in [-0.4, -0.2) is 46.6 Å². The number of nitrogens with one attached hydrogen (secondary N) is 1. The highest BCUT2D eigenvalue weighted by Gasteiger charge is 2.49. The molecular formula is C18H21N5O3S2. The van der Waals surface area contributed by atoms with Crippen molar-refractivity contribution in [3.63, 3.8) is 0 Å². The number of hydrogen-bond donors (Lipinski definition) is 2. The maximum Gasteiger partial charge on any atom is 0.275 e. The number of amides is 1. The second-order valence-corrected chi connectivity index (χ2v) is 8.71. The zero-order chi connectivity index (χ0) is 19.7. The summed E-state index contributed by atoms with van der Waals surface area (Å²) < 4.78 is 11.0. The van der Waals surface area contributed by atoms with E-state index in [9.17, 15) is 4.79 Å². The Labute approximate surface area is 171 Å². The van der Waals surface area contributed by atoms with Gasteiger partial charge >= 0.3 is 0 Å². The molecule has 28 heavy (non-hydrogen) atoms. The number of ether oxygens (including phenoxy) is 2. The number of fused-ring (bicyclic) bond motifs is 1. The lowest BCUT2D eigenvalue weighted by Crippen LogP contribution is -2.49. The summed E-state index contributed by atoms with van der Waals surface area (Å²) in [4.78, 5) is 26.0. The van der Waals surface area contributed by atoms with E-state index in [1.807, 2.05) is 5.38 Å². The Morgan fingerprint density at radius 3 is 3.07 bits per heavy atom. The molecule has 0 aromatic carbocycles. The second kappa shape index (κ2) is 7.69. The van der Waals surface area contributed by atoms with Crippen molar-refractivity contribution in [2.75, 3.05) is 24.8 Å². The largest absolute Gasteiger partial charge is 0.495 e. The van der Waals surface area contributed by atoms with E-state index in [-0.39, 0.29) is 17.7 Å². The molecule has 2 aromatic heterocycles. The number of nitrogens with two attached hydrogens (primary N) is 1. The fourth-order valence-electron chi connectivity index (χ4n) is 3.43. The van der Waals surface area contributed by atoms with Crippen molar-refractivity contribution in [1.82, 2.24) is 9.97 Å². The van der Waals surface area contributed by atoms with Gasteiger partial charge in [-0.25, -0.2) is 15.0 Å². The molecule has 0 radical (unpaired) electrons. The Bertz CT molecular complexity index is 901. The summed E-state index contributed by atoms with van der Waals surface area (Å²) >= 11 is 3.04. The van der Waals surface area contributed by atoms with Gasteiger partial charge in [0.1, 0.15) is 27.8 Å². The van der Waals surface area contributed by atoms with Gasteiger partial charge in [0, 0.05) is 17.1 Å². The van der Waals surface area contributed by atoms with Gasteiger partial charge in [0.15, 0.2) is 5.17 Å². The van der Waals surface area contributed by atoms with Gasteiger partial charge in [0.25, 0.3) is 5.91 Å². The van der Waals surface area contributed by atoms with E-state index in [1.165, 1.54) is 17.5 Å². The molecule has 0 spiro atoms. The van der Waals surface area contributed by atoms with Crippen molar-refractivity contribution < 1.29 is 14.3 Å². The minimum absolute atomic E-state index is 0.188. The molecule has 3 unspecified atom stereocenters. The first kappa shape index (κ1) is 19.2. The predicted octanol–water partition coefficient (Wildman–Crippen LogP) is 2.48. The highest BCUT2D eigenvalue weighted by atomic mass is 32.2.